The Morgan fingerprint density at radius 2 is 0.486 bits per heavy atom. The monoisotopic (exact) mass is 909 g/mol. The average molecular weight is 910 g/mol. The summed E-state index contributed by atoms with van der Waals surface area (Å²) < 4.78 is 12.3. The molecular weight excluding hydrogens is 867 g/mol. The molecular formula is C59H43N9O2. The number of rotatable bonds is 13. The minimum absolute atomic E-state index is 0.398. The van der Waals surface area contributed by atoms with Crippen LogP contribution in [0.15, 0.2) is 239 Å². The Balaban J connectivity index is 0.000000263. The van der Waals surface area contributed by atoms with E-state index in [0.29, 0.717) is 13.2 Å². The molecule has 0 fully saturated rings. The molecule has 0 aliphatic heterocycles. The summed E-state index contributed by atoms with van der Waals surface area (Å²) >= 11 is 0. The lowest BCUT2D eigenvalue weighted by Gasteiger charge is -2.10. The van der Waals surface area contributed by atoms with Crippen molar-refractivity contribution in [2.45, 2.75) is 13.2 Å². The molecule has 0 aliphatic rings. The van der Waals surface area contributed by atoms with E-state index in [-0.39, 0.29) is 0 Å². The summed E-state index contributed by atoms with van der Waals surface area (Å²) in [7, 11) is 0. The summed E-state index contributed by atoms with van der Waals surface area (Å²) in [5.41, 5.74) is 16.3. The molecule has 0 saturated carbocycles. The molecule has 0 unspecified atom stereocenters. The number of pyridine rings is 9. The lowest BCUT2D eigenvalue weighted by Crippen LogP contribution is -1.97. The normalized spacial score (nSPS) is 10.7. The molecule has 2 aromatic carbocycles. The Bertz CT molecular complexity index is 3200. The SMILES string of the molecule is c1cncc(-c2cncc(-c3cccnc3)c2)c1.c1cncc(-c2cncc(-c3cncc(COc4ccc(-c5ccc(OCc6cncc(-c7cncc(-c8cccnc8)c7)c6)cc5)cc4)c3)c2)c1. The lowest BCUT2D eigenvalue weighted by atomic mass is 10.0. The molecule has 11 rings (SSSR count). The number of benzene rings is 2. The first kappa shape index (κ1) is 44.2. The number of hydrogen-bond donors (Lipinski definition) is 0. The fourth-order valence-electron chi connectivity index (χ4n) is 7.67. The maximum Gasteiger partial charge on any atom is 0.119 e. The molecule has 0 radical (unpaired) electrons. The first-order valence-electron chi connectivity index (χ1n) is 22.5. The molecule has 0 bridgehead atoms. The molecule has 0 N–H and O–H groups in total. The average Bonchev–Trinajstić information content (AvgIpc) is 3.46. The smallest absolute Gasteiger partial charge is 0.119 e. The molecule has 11 nitrogen and oxygen atoms in total. The van der Waals surface area contributed by atoms with Gasteiger partial charge < -0.3 is 9.47 Å². The van der Waals surface area contributed by atoms with E-state index in [1.807, 2.05) is 160 Å². The van der Waals surface area contributed by atoms with Gasteiger partial charge in [0.2, 0.25) is 0 Å². The van der Waals surface area contributed by atoms with Crippen LogP contribution in [0.5, 0.6) is 11.5 Å². The standard InChI is InChI=1S/C44H32N6O2.C15H11N3/c1-3-35(21-45-13-1)39-17-41(27-49-25-39)37-15-31(19-47-23-37)29-51-43-9-5-33(6-10-43)34-7-11-44(12-8-34)52-30-32-16-38(24-48-20-32)42-18-40(26-50-28-42)36-4-2-14-46-22-36;1-3-12(8-16-5-1)14-7-15(11-18-10-14)13-4-2-6-17-9-13/h1-28H,29-30H2;1-11H. The summed E-state index contributed by atoms with van der Waals surface area (Å²) in [6.45, 7) is 0.796. The van der Waals surface area contributed by atoms with Crippen molar-refractivity contribution in [1.29, 1.82) is 0 Å². The van der Waals surface area contributed by atoms with Gasteiger partial charge >= 0.3 is 0 Å². The number of aromatic nitrogens is 9. The maximum atomic E-state index is 6.13. The van der Waals surface area contributed by atoms with Gasteiger partial charge in [0.1, 0.15) is 24.7 Å². The van der Waals surface area contributed by atoms with Crippen LogP contribution < -0.4 is 9.47 Å². The first-order chi connectivity index (χ1) is 34.7. The van der Waals surface area contributed by atoms with Crippen LogP contribution in [0.25, 0.3) is 77.9 Å². The van der Waals surface area contributed by atoms with Gasteiger partial charge in [0.25, 0.3) is 0 Å². The Labute approximate surface area is 405 Å². The third-order valence-electron chi connectivity index (χ3n) is 11.3. The number of hydrogen-bond acceptors (Lipinski definition) is 11. The van der Waals surface area contributed by atoms with Crippen molar-refractivity contribution in [3.05, 3.63) is 250 Å². The van der Waals surface area contributed by atoms with Gasteiger partial charge in [0.05, 0.1) is 0 Å². The Hall–Kier alpha value is -9.61. The van der Waals surface area contributed by atoms with Crippen LogP contribution >= 0.6 is 0 Å². The van der Waals surface area contributed by atoms with Crippen LogP contribution in [0.4, 0.5) is 0 Å². The van der Waals surface area contributed by atoms with Crippen molar-refractivity contribution in [1.82, 2.24) is 44.9 Å². The zero-order valence-corrected chi connectivity index (χ0v) is 37.8. The molecule has 0 saturated heterocycles. The Kier molecular flexibility index (Phi) is 13.8. The lowest BCUT2D eigenvalue weighted by molar-refractivity contribution is 0.305. The van der Waals surface area contributed by atoms with Crippen molar-refractivity contribution in [3.63, 3.8) is 0 Å². The predicted molar refractivity (Wildman–Crippen MR) is 273 cm³/mol. The first-order valence-corrected chi connectivity index (χ1v) is 22.5. The predicted octanol–water partition coefficient (Wildman–Crippen LogP) is 12.8. The molecule has 9 aromatic heterocycles. The number of ether oxygens (including phenoxy) is 2. The Morgan fingerprint density at radius 1 is 0.229 bits per heavy atom. The highest BCUT2D eigenvalue weighted by Gasteiger charge is 2.09. The molecule has 11 aromatic rings. The summed E-state index contributed by atoms with van der Waals surface area (Å²) in [4.78, 5) is 38.8. The summed E-state index contributed by atoms with van der Waals surface area (Å²) in [6.07, 6.45) is 32.8. The quantitative estimate of drug-likeness (QED) is 0.109. The molecule has 0 amide bonds. The van der Waals surface area contributed by atoms with E-state index in [9.17, 15) is 0 Å². The van der Waals surface area contributed by atoms with Crippen LogP contribution in [-0.4, -0.2) is 44.9 Å². The highest BCUT2D eigenvalue weighted by atomic mass is 16.5. The van der Waals surface area contributed by atoms with Gasteiger partial charge in [0, 0.05) is 189 Å². The molecule has 9 heterocycles. The van der Waals surface area contributed by atoms with Crippen LogP contribution in [-0.2, 0) is 13.2 Å². The molecule has 11 heteroatoms. The van der Waals surface area contributed by atoms with Gasteiger partial charge in [-0.1, -0.05) is 48.5 Å². The molecule has 70 heavy (non-hydrogen) atoms. The molecule has 0 spiro atoms. The van der Waals surface area contributed by atoms with Crippen molar-refractivity contribution < 1.29 is 9.47 Å². The topological polar surface area (TPSA) is 134 Å². The third kappa shape index (κ3) is 11.3. The van der Waals surface area contributed by atoms with E-state index in [0.717, 1.165) is 101 Å². The third-order valence-corrected chi connectivity index (χ3v) is 11.3. The van der Waals surface area contributed by atoms with E-state index in [2.05, 4.69) is 99.5 Å². The zero-order valence-electron chi connectivity index (χ0n) is 37.8. The second-order valence-electron chi connectivity index (χ2n) is 16.1. The van der Waals surface area contributed by atoms with Crippen LogP contribution in [0.3, 0.4) is 0 Å². The second kappa shape index (κ2) is 21.8. The fraction of sp³-hybridized carbons (Fsp3) is 0.0339. The highest BCUT2D eigenvalue weighted by Crippen LogP contribution is 2.30. The van der Waals surface area contributed by atoms with Crippen molar-refractivity contribution in [2.75, 3.05) is 0 Å². The van der Waals surface area contributed by atoms with E-state index in [1.54, 1.807) is 24.8 Å². The van der Waals surface area contributed by atoms with Gasteiger partial charge in [0.15, 0.2) is 0 Å². The van der Waals surface area contributed by atoms with Crippen LogP contribution in [0, 0.1) is 0 Å². The Morgan fingerprint density at radius 3 is 0.771 bits per heavy atom. The fourth-order valence-corrected chi connectivity index (χ4v) is 7.67. The van der Waals surface area contributed by atoms with Crippen LogP contribution in [0.2, 0.25) is 0 Å². The minimum Gasteiger partial charge on any atom is -0.489 e. The highest BCUT2D eigenvalue weighted by molar-refractivity contribution is 5.73. The van der Waals surface area contributed by atoms with E-state index < -0.39 is 0 Å². The van der Waals surface area contributed by atoms with Crippen molar-refractivity contribution in [3.8, 4) is 89.4 Å². The minimum atomic E-state index is 0.398. The van der Waals surface area contributed by atoms with Gasteiger partial charge in [-0.2, -0.15) is 0 Å². The molecule has 0 aliphatic carbocycles. The second-order valence-corrected chi connectivity index (χ2v) is 16.1. The zero-order chi connectivity index (χ0) is 47.2. The van der Waals surface area contributed by atoms with E-state index >= 15 is 0 Å². The summed E-state index contributed by atoms with van der Waals surface area (Å²) in [6, 6.07) is 42.4. The largest absolute Gasteiger partial charge is 0.489 e. The van der Waals surface area contributed by atoms with Gasteiger partial charge in [-0.3, -0.25) is 44.9 Å². The number of nitrogens with zero attached hydrogens (tertiary/aromatic N) is 9. The van der Waals surface area contributed by atoms with Crippen molar-refractivity contribution >= 4 is 0 Å². The van der Waals surface area contributed by atoms with Gasteiger partial charge in [-0.05, 0) is 90.0 Å². The molecule has 0 atom stereocenters. The molecule has 336 valence electrons. The summed E-state index contributed by atoms with van der Waals surface area (Å²) in [5, 5.41) is 0. The van der Waals surface area contributed by atoms with Gasteiger partial charge in [-0.25, -0.2) is 0 Å². The maximum absolute atomic E-state index is 6.13. The van der Waals surface area contributed by atoms with E-state index in [1.165, 1.54) is 0 Å². The van der Waals surface area contributed by atoms with Crippen molar-refractivity contribution in [2.24, 2.45) is 0 Å². The van der Waals surface area contributed by atoms with Gasteiger partial charge in [-0.15, -0.1) is 0 Å². The van der Waals surface area contributed by atoms with Crippen LogP contribution in [0.1, 0.15) is 11.1 Å². The summed E-state index contributed by atoms with van der Waals surface area (Å²) in [5.74, 6) is 1.56. The van der Waals surface area contributed by atoms with E-state index in [4.69, 9.17) is 9.47 Å².